The molecule has 1 aromatic carbocycles. The number of rotatable bonds is 6. The van der Waals surface area contributed by atoms with Gasteiger partial charge < -0.3 is 10.5 Å². The first-order valence-corrected chi connectivity index (χ1v) is 7.61. The lowest BCUT2D eigenvalue weighted by atomic mass is 9.92. The van der Waals surface area contributed by atoms with Crippen LogP contribution in [0.2, 0.25) is 0 Å². The molecule has 2 nitrogen and oxygen atoms in total. The number of nitrogens with two attached hydrogens (primary N) is 1. The molecular weight excluding hydrogens is 234 g/mol. The van der Waals surface area contributed by atoms with Gasteiger partial charge in [-0.3, -0.25) is 0 Å². The largest absolute Gasteiger partial charge is 0.497 e. The molecule has 0 saturated heterocycles. The maximum atomic E-state index is 6.38. The van der Waals surface area contributed by atoms with E-state index in [1.54, 1.807) is 7.11 Å². The fourth-order valence-corrected chi connectivity index (χ4v) is 3.23. The normalized spacial score (nSPS) is 24.4. The van der Waals surface area contributed by atoms with Crippen LogP contribution in [-0.4, -0.2) is 13.2 Å². The molecule has 0 aromatic heterocycles. The van der Waals surface area contributed by atoms with E-state index in [0.717, 1.165) is 30.4 Å². The van der Waals surface area contributed by atoms with Crippen LogP contribution in [0.25, 0.3) is 0 Å². The van der Waals surface area contributed by atoms with Gasteiger partial charge in [0.2, 0.25) is 0 Å². The minimum Gasteiger partial charge on any atom is -0.497 e. The second kappa shape index (κ2) is 6.95. The van der Waals surface area contributed by atoms with E-state index in [-0.39, 0.29) is 0 Å². The second-order valence-electron chi connectivity index (χ2n) is 5.90. The van der Waals surface area contributed by atoms with Crippen molar-refractivity contribution >= 4 is 0 Å². The zero-order valence-corrected chi connectivity index (χ0v) is 12.3. The molecule has 0 radical (unpaired) electrons. The lowest BCUT2D eigenvalue weighted by molar-refractivity contribution is 0.390. The van der Waals surface area contributed by atoms with Gasteiger partial charge in [-0.25, -0.2) is 0 Å². The zero-order chi connectivity index (χ0) is 13.7. The van der Waals surface area contributed by atoms with E-state index in [1.807, 2.05) is 12.1 Å². The van der Waals surface area contributed by atoms with Crippen LogP contribution >= 0.6 is 0 Å². The maximum Gasteiger partial charge on any atom is 0.118 e. The third-order valence-electron chi connectivity index (χ3n) is 4.69. The molecule has 106 valence electrons. The molecule has 19 heavy (non-hydrogen) atoms. The molecule has 0 amide bonds. The highest BCUT2D eigenvalue weighted by Gasteiger charge is 2.27. The van der Waals surface area contributed by atoms with Crippen LogP contribution in [0.5, 0.6) is 5.75 Å². The molecule has 2 heteroatoms. The lowest BCUT2D eigenvalue weighted by Crippen LogP contribution is -2.29. The van der Waals surface area contributed by atoms with Crippen molar-refractivity contribution in [2.45, 2.75) is 51.5 Å². The van der Waals surface area contributed by atoms with Gasteiger partial charge in [0.15, 0.2) is 0 Å². The molecule has 2 N–H and O–H groups in total. The van der Waals surface area contributed by atoms with Crippen molar-refractivity contribution < 1.29 is 4.74 Å². The van der Waals surface area contributed by atoms with Crippen molar-refractivity contribution in [1.82, 2.24) is 0 Å². The van der Waals surface area contributed by atoms with Crippen molar-refractivity contribution in [2.24, 2.45) is 17.6 Å². The summed E-state index contributed by atoms with van der Waals surface area (Å²) in [7, 11) is 1.70. The monoisotopic (exact) mass is 261 g/mol. The topological polar surface area (TPSA) is 35.2 Å². The van der Waals surface area contributed by atoms with Crippen LogP contribution in [0.3, 0.4) is 0 Å². The minimum atomic E-state index is 0.374. The smallest absolute Gasteiger partial charge is 0.118 e. The lowest BCUT2D eigenvalue weighted by Gasteiger charge is -2.19. The molecule has 0 aliphatic heterocycles. The summed E-state index contributed by atoms with van der Waals surface area (Å²) in [6.45, 7) is 2.30. The summed E-state index contributed by atoms with van der Waals surface area (Å²) in [5, 5.41) is 0. The highest BCUT2D eigenvalue weighted by atomic mass is 16.5. The Morgan fingerprint density at radius 3 is 2.58 bits per heavy atom. The van der Waals surface area contributed by atoms with E-state index in [2.05, 4.69) is 19.1 Å². The Kier molecular flexibility index (Phi) is 5.26. The molecule has 1 fully saturated rings. The Labute approximate surface area is 117 Å². The van der Waals surface area contributed by atoms with Gasteiger partial charge in [0.05, 0.1) is 7.11 Å². The Bertz CT molecular complexity index is 373. The summed E-state index contributed by atoms with van der Waals surface area (Å²) >= 11 is 0. The van der Waals surface area contributed by atoms with Crippen molar-refractivity contribution in [2.75, 3.05) is 7.11 Å². The van der Waals surface area contributed by atoms with Crippen LogP contribution in [0.4, 0.5) is 0 Å². The Morgan fingerprint density at radius 2 is 2.00 bits per heavy atom. The van der Waals surface area contributed by atoms with Crippen LogP contribution in [-0.2, 0) is 6.42 Å². The number of benzene rings is 1. The fourth-order valence-electron chi connectivity index (χ4n) is 3.23. The Hall–Kier alpha value is -1.02. The summed E-state index contributed by atoms with van der Waals surface area (Å²) in [4.78, 5) is 0. The maximum absolute atomic E-state index is 6.38. The summed E-state index contributed by atoms with van der Waals surface area (Å²) < 4.78 is 5.18. The number of ether oxygens (including phenoxy) is 1. The van der Waals surface area contributed by atoms with E-state index >= 15 is 0 Å². The molecule has 0 heterocycles. The molecule has 2 rings (SSSR count). The molecule has 3 unspecified atom stereocenters. The van der Waals surface area contributed by atoms with Gasteiger partial charge in [0.1, 0.15) is 5.75 Å². The third-order valence-corrected chi connectivity index (χ3v) is 4.69. The van der Waals surface area contributed by atoms with Crippen LogP contribution < -0.4 is 10.5 Å². The van der Waals surface area contributed by atoms with E-state index < -0.39 is 0 Å². The van der Waals surface area contributed by atoms with Crippen molar-refractivity contribution in [1.29, 1.82) is 0 Å². The standard InChI is InChI=1S/C17H27NO/c1-3-13-4-8-15(12-13)17(18)11-7-14-5-9-16(19-2)10-6-14/h5-6,9-10,13,15,17H,3-4,7-8,11-12,18H2,1-2H3. The highest BCUT2D eigenvalue weighted by molar-refractivity contribution is 5.27. The SMILES string of the molecule is CCC1CCC(C(N)CCc2ccc(OC)cc2)C1. The first-order chi connectivity index (χ1) is 9.22. The van der Waals surface area contributed by atoms with Crippen LogP contribution in [0, 0.1) is 11.8 Å². The molecule has 3 atom stereocenters. The first kappa shape index (κ1) is 14.4. The molecule has 0 spiro atoms. The summed E-state index contributed by atoms with van der Waals surface area (Å²) in [5.74, 6) is 2.61. The molecule has 1 aliphatic carbocycles. The fraction of sp³-hybridized carbons (Fsp3) is 0.647. The zero-order valence-electron chi connectivity index (χ0n) is 12.3. The van der Waals surface area contributed by atoms with Gasteiger partial charge >= 0.3 is 0 Å². The van der Waals surface area contributed by atoms with Gasteiger partial charge in [-0.15, -0.1) is 0 Å². The van der Waals surface area contributed by atoms with E-state index in [9.17, 15) is 0 Å². The molecular formula is C17H27NO. The first-order valence-electron chi connectivity index (χ1n) is 7.61. The van der Waals surface area contributed by atoms with E-state index in [0.29, 0.717) is 6.04 Å². The van der Waals surface area contributed by atoms with Crippen LogP contribution in [0.1, 0.15) is 44.6 Å². The molecule has 1 aliphatic rings. The number of methoxy groups -OCH3 is 1. The van der Waals surface area contributed by atoms with Crippen molar-refractivity contribution in [3.05, 3.63) is 29.8 Å². The average molecular weight is 261 g/mol. The Balaban J connectivity index is 1.78. The van der Waals surface area contributed by atoms with Crippen molar-refractivity contribution in [3.63, 3.8) is 0 Å². The van der Waals surface area contributed by atoms with Gasteiger partial charge in [0.25, 0.3) is 0 Å². The Morgan fingerprint density at radius 1 is 1.26 bits per heavy atom. The van der Waals surface area contributed by atoms with Gasteiger partial charge in [-0.1, -0.05) is 31.9 Å². The quantitative estimate of drug-likeness (QED) is 0.845. The van der Waals surface area contributed by atoms with Gasteiger partial charge in [0, 0.05) is 6.04 Å². The predicted molar refractivity (Wildman–Crippen MR) is 80.4 cm³/mol. The number of hydrogen-bond acceptors (Lipinski definition) is 2. The summed E-state index contributed by atoms with van der Waals surface area (Å²) in [5.41, 5.74) is 7.74. The summed E-state index contributed by atoms with van der Waals surface area (Å²) in [6.07, 6.45) is 7.58. The van der Waals surface area contributed by atoms with Gasteiger partial charge in [-0.05, 0) is 55.2 Å². The van der Waals surface area contributed by atoms with E-state index in [4.69, 9.17) is 10.5 Å². The second-order valence-corrected chi connectivity index (χ2v) is 5.90. The molecule has 0 bridgehead atoms. The predicted octanol–water partition coefficient (Wildman–Crippen LogP) is 3.78. The van der Waals surface area contributed by atoms with E-state index in [1.165, 1.54) is 31.2 Å². The third kappa shape index (κ3) is 3.97. The van der Waals surface area contributed by atoms with Gasteiger partial charge in [-0.2, -0.15) is 0 Å². The summed E-state index contributed by atoms with van der Waals surface area (Å²) in [6, 6.07) is 8.73. The molecule has 1 saturated carbocycles. The van der Waals surface area contributed by atoms with Crippen molar-refractivity contribution in [3.8, 4) is 5.75 Å². The number of aryl methyl sites for hydroxylation is 1. The minimum absolute atomic E-state index is 0.374. The molecule has 1 aromatic rings. The van der Waals surface area contributed by atoms with Crippen LogP contribution in [0.15, 0.2) is 24.3 Å². The number of hydrogen-bond donors (Lipinski definition) is 1. The average Bonchev–Trinajstić information content (AvgIpc) is 2.94. The highest BCUT2D eigenvalue weighted by Crippen LogP contribution is 2.35.